The van der Waals surface area contributed by atoms with E-state index in [4.69, 9.17) is 5.11 Å². The predicted molar refractivity (Wildman–Crippen MR) is 75.2 cm³/mol. The second-order valence-electron chi connectivity index (χ2n) is 5.42. The summed E-state index contributed by atoms with van der Waals surface area (Å²) in [5.41, 5.74) is 1.08. The normalized spacial score (nSPS) is 16.4. The van der Waals surface area contributed by atoms with Crippen molar-refractivity contribution in [3.8, 4) is 0 Å². The van der Waals surface area contributed by atoms with Crippen molar-refractivity contribution in [1.29, 1.82) is 0 Å². The third-order valence-corrected chi connectivity index (χ3v) is 3.87. The van der Waals surface area contributed by atoms with Gasteiger partial charge in [-0.25, -0.2) is 4.79 Å². The zero-order valence-electron chi connectivity index (χ0n) is 11.8. The molecule has 0 radical (unpaired) electrons. The SMILES string of the molecule is CC(C(=O)O)C1CN(C(=O)N(C)Cc2ccccc2)C1. The fourth-order valence-corrected chi connectivity index (χ4v) is 2.35. The van der Waals surface area contributed by atoms with Gasteiger partial charge in [-0.1, -0.05) is 37.3 Å². The van der Waals surface area contributed by atoms with Crippen molar-refractivity contribution in [2.24, 2.45) is 11.8 Å². The lowest BCUT2D eigenvalue weighted by atomic mass is 9.87. The van der Waals surface area contributed by atoms with Crippen LogP contribution in [0.15, 0.2) is 30.3 Å². The molecule has 0 saturated carbocycles. The number of aliphatic carboxylic acids is 1. The van der Waals surface area contributed by atoms with Gasteiger partial charge in [0.25, 0.3) is 0 Å². The molecule has 2 amide bonds. The molecule has 1 heterocycles. The van der Waals surface area contributed by atoms with E-state index in [0.717, 1.165) is 5.56 Å². The van der Waals surface area contributed by atoms with Gasteiger partial charge in [-0.15, -0.1) is 0 Å². The lowest BCUT2D eigenvalue weighted by Gasteiger charge is -2.42. The quantitative estimate of drug-likeness (QED) is 0.913. The van der Waals surface area contributed by atoms with Crippen molar-refractivity contribution < 1.29 is 14.7 Å². The molecule has 5 heteroatoms. The minimum Gasteiger partial charge on any atom is -0.481 e. The molecule has 1 aliphatic heterocycles. The number of likely N-dealkylation sites (tertiary alicyclic amines) is 1. The smallest absolute Gasteiger partial charge is 0.320 e. The molecule has 20 heavy (non-hydrogen) atoms. The third-order valence-electron chi connectivity index (χ3n) is 3.87. The summed E-state index contributed by atoms with van der Waals surface area (Å²) >= 11 is 0. The van der Waals surface area contributed by atoms with Gasteiger partial charge >= 0.3 is 12.0 Å². The lowest BCUT2D eigenvalue weighted by molar-refractivity contribution is -0.144. The number of amides is 2. The van der Waals surface area contributed by atoms with Gasteiger partial charge in [0.05, 0.1) is 5.92 Å². The molecule has 0 aromatic heterocycles. The van der Waals surface area contributed by atoms with Crippen molar-refractivity contribution in [2.75, 3.05) is 20.1 Å². The first kappa shape index (κ1) is 14.4. The van der Waals surface area contributed by atoms with Crippen LogP contribution in [-0.4, -0.2) is 47.0 Å². The zero-order valence-corrected chi connectivity index (χ0v) is 11.8. The van der Waals surface area contributed by atoms with Crippen molar-refractivity contribution in [3.05, 3.63) is 35.9 Å². The minimum absolute atomic E-state index is 0.0392. The van der Waals surface area contributed by atoms with Crippen LogP contribution in [0.25, 0.3) is 0 Å². The van der Waals surface area contributed by atoms with Crippen LogP contribution in [-0.2, 0) is 11.3 Å². The Morgan fingerprint density at radius 3 is 2.50 bits per heavy atom. The molecule has 5 nitrogen and oxygen atoms in total. The standard InChI is InChI=1S/C15H20N2O3/c1-11(14(18)19)13-9-17(10-13)15(20)16(2)8-12-6-4-3-5-7-12/h3-7,11,13H,8-10H2,1-2H3,(H,18,19). The molecule has 0 aliphatic carbocycles. The summed E-state index contributed by atoms with van der Waals surface area (Å²) in [5, 5.41) is 8.93. The summed E-state index contributed by atoms with van der Waals surface area (Å²) in [6, 6.07) is 9.76. The number of carboxylic acids is 1. The van der Waals surface area contributed by atoms with Crippen LogP contribution in [0.2, 0.25) is 0 Å². The summed E-state index contributed by atoms with van der Waals surface area (Å²) in [7, 11) is 1.77. The summed E-state index contributed by atoms with van der Waals surface area (Å²) < 4.78 is 0. The van der Waals surface area contributed by atoms with Crippen LogP contribution < -0.4 is 0 Å². The molecule has 1 aromatic carbocycles. The van der Waals surface area contributed by atoms with Crippen LogP contribution in [0.5, 0.6) is 0 Å². The maximum Gasteiger partial charge on any atom is 0.320 e. The molecule has 1 N–H and O–H groups in total. The van der Waals surface area contributed by atoms with Gasteiger partial charge in [0, 0.05) is 32.6 Å². The van der Waals surface area contributed by atoms with Gasteiger partial charge in [0.1, 0.15) is 0 Å². The molecular formula is C15H20N2O3. The first-order valence-corrected chi connectivity index (χ1v) is 6.76. The van der Waals surface area contributed by atoms with Crippen LogP contribution in [0, 0.1) is 11.8 Å². The van der Waals surface area contributed by atoms with Gasteiger partial charge in [0.15, 0.2) is 0 Å². The van der Waals surface area contributed by atoms with Gasteiger partial charge in [-0.05, 0) is 5.56 Å². The van der Waals surface area contributed by atoms with Crippen LogP contribution in [0.3, 0.4) is 0 Å². The van der Waals surface area contributed by atoms with Gasteiger partial charge in [-0.3, -0.25) is 4.79 Å². The number of hydrogen-bond acceptors (Lipinski definition) is 2. The highest BCUT2D eigenvalue weighted by atomic mass is 16.4. The molecule has 0 bridgehead atoms. The molecule has 1 saturated heterocycles. The molecule has 108 valence electrons. The maximum absolute atomic E-state index is 12.2. The van der Waals surface area contributed by atoms with E-state index < -0.39 is 11.9 Å². The van der Waals surface area contributed by atoms with E-state index in [1.165, 1.54) is 0 Å². The molecule has 2 rings (SSSR count). The summed E-state index contributed by atoms with van der Waals surface area (Å²) in [5.74, 6) is -1.11. The molecule has 1 aliphatic rings. The fourth-order valence-electron chi connectivity index (χ4n) is 2.35. The monoisotopic (exact) mass is 276 g/mol. The summed E-state index contributed by atoms with van der Waals surface area (Å²) in [6.07, 6.45) is 0. The minimum atomic E-state index is -0.792. The first-order chi connectivity index (χ1) is 9.49. The zero-order chi connectivity index (χ0) is 14.7. The fraction of sp³-hybridized carbons (Fsp3) is 0.467. The second kappa shape index (κ2) is 5.94. The topological polar surface area (TPSA) is 60.9 Å². The van der Waals surface area contributed by atoms with Gasteiger partial charge < -0.3 is 14.9 Å². The van der Waals surface area contributed by atoms with Crippen LogP contribution in [0.4, 0.5) is 4.79 Å². The van der Waals surface area contributed by atoms with E-state index in [-0.39, 0.29) is 11.9 Å². The number of nitrogens with zero attached hydrogens (tertiary/aromatic N) is 2. The number of hydrogen-bond donors (Lipinski definition) is 1. The van der Waals surface area contributed by atoms with Crippen molar-refractivity contribution in [2.45, 2.75) is 13.5 Å². The summed E-state index contributed by atoms with van der Waals surface area (Å²) in [4.78, 5) is 26.4. The van der Waals surface area contributed by atoms with Crippen molar-refractivity contribution in [1.82, 2.24) is 9.80 Å². The van der Waals surface area contributed by atoms with E-state index in [1.54, 1.807) is 23.8 Å². The lowest BCUT2D eigenvalue weighted by Crippen LogP contribution is -2.56. The Morgan fingerprint density at radius 1 is 1.35 bits per heavy atom. The van der Waals surface area contributed by atoms with Gasteiger partial charge in [-0.2, -0.15) is 0 Å². The van der Waals surface area contributed by atoms with E-state index in [9.17, 15) is 9.59 Å². The summed E-state index contributed by atoms with van der Waals surface area (Å²) in [6.45, 7) is 3.33. The largest absolute Gasteiger partial charge is 0.481 e. The maximum atomic E-state index is 12.2. The molecule has 1 fully saturated rings. The Labute approximate surface area is 118 Å². The highest BCUT2D eigenvalue weighted by molar-refractivity contribution is 5.76. The Morgan fingerprint density at radius 2 is 1.95 bits per heavy atom. The molecule has 1 unspecified atom stereocenters. The predicted octanol–water partition coefficient (Wildman–Crippen LogP) is 1.89. The average Bonchev–Trinajstić information content (AvgIpc) is 2.37. The molecule has 1 atom stereocenters. The van der Waals surface area contributed by atoms with E-state index >= 15 is 0 Å². The number of carbonyl (C=O) groups is 2. The molecule has 1 aromatic rings. The average molecular weight is 276 g/mol. The Kier molecular flexibility index (Phi) is 4.27. The van der Waals surface area contributed by atoms with Crippen molar-refractivity contribution in [3.63, 3.8) is 0 Å². The second-order valence-corrected chi connectivity index (χ2v) is 5.42. The highest BCUT2D eigenvalue weighted by Gasteiger charge is 2.38. The van der Waals surface area contributed by atoms with Crippen LogP contribution >= 0.6 is 0 Å². The van der Waals surface area contributed by atoms with E-state index in [2.05, 4.69) is 0 Å². The Hall–Kier alpha value is -2.04. The first-order valence-electron chi connectivity index (χ1n) is 6.76. The molecule has 0 spiro atoms. The van der Waals surface area contributed by atoms with E-state index in [0.29, 0.717) is 19.6 Å². The Bertz CT molecular complexity index is 483. The van der Waals surface area contributed by atoms with E-state index in [1.807, 2.05) is 30.3 Å². The third kappa shape index (κ3) is 3.10. The number of carboxylic acid groups (broad SMARTS) is 1. The molecular weight excluding hydrogens is 256 g/mol. The van der Waals surface area contributed by atoms with Crippen LogP contribution in [0.1, 0.15) is 12.5 Å². The number of benzene rings is 1. The number of urea groups is 1. The number of rotatable bonds is 4. The highest BCUT2D eigenvalue weighted by Crippen LogP contribution is 2.25. The van der Waals surface area contributed by atoms with Crippen molar-refractivity contribution >= 4 is 12.0 Å². The number of carbonyl (C=O) groups excluding carboxylic acids is 1. The van der Waals surface area contributed by atoms with Gasteiger partial charge in [0.2, 0.25) is 0 Å². The Balaban J connectivity index is 1.83.